The van der Waals surface area contributed by atoms with Gasteiger partial charge in [-0.2, -0.15) is 5.10 Å². The SMILES string of the molecule is Cc1ccc2c(cnn2CC(N)=O)c1C. The van der Waals surface area contributed by atoms with Crippen molar-refractivity contribution in [1.29, 1.82) is 0 Å². The van der Waals surface area contributed by atoms with Gasteiger partial charge in [0, 0.05) is 5.39 Å². The van der Waals surface area contributed by atoms with E-state index in [1.54, 1.807) is 10.9 Å². The maximum Gasteiger partial charge on any atom is 0.239 e. The summed E-state index contributed by atoms with van der Waals surface area (Å²) in [5.41, 5.74) is 8.52. The minimum Gasteiger partial charge on any atom is -0.368 e. The maximum atomic E-state index is 10.8. The molecule has 1 heterocycles. The first-order valence-electron chi connectivity index (χ1n) is 4.79. The quantitative estimate of drug-likeness (QED) is 0.795. The van der Waals surface area contributed by atoms with E-state index in [1.165, 1.54) is 11.1 Å². The van der Waals surface area contributed by atoms with E-state index >= 15 is 0 Å². The number of amides is 1. The number of rotatable bonds is 2. The first-order chi connectivity index (χ1) is 7.09. The number of carbonyl (C=O) groups excluding carboxylic acids is 1. The van der Waals surface area contributed by atoms with E-state index in [4.69, 9.17) is 5.73 Å². The number of aryl methyl sites for hydroxylation is 2. The van der Waals surface area contributed by atoms with Crippen molar-refractivity contribution in [3.63, 3.8) is 0 Å². The molecule has 0 spiro atoms. The van der Waals surface area contributed by atoms with Gasteiger partial charge in [0.05, 0.1) is 11.7 Å². The van der Waals surface area contributed by atoms with E-state index in [1.807, 2.05) is 19.1 Å². The lowest BCUT2D eigenvalue weighted by molar-refractivity contribution is -0.118. The summed E-state index contributed by atoms with van der Waals surface area (Å²) >= 11 is 0. The Bertz CT molecular complexity index is 528. The molecule has 0 fully saturated rings. The Hall–Kier alpha value is -1.84. The van der Waals surface area contributed by atoms with Gasteiger partial charge in [-0.25, -0.2) is 0 Å². The Balaban J connectivity index is 2.61. The fraction of sp³-hybridized carbons (Fsp3) is 0.273. The summed E-state index contributed by atoms with van der Waals surface area (Å²) in [6, 6.07) is 3.99. The zero-order valence-electron chi connectivity index (χ0n) is 8.82. The van der Waals surface area contributed by atoms with Crippen molar-refractivity contribution in [3.05, 3.63) is 29.5 Å². The van der Waals surface area contributed by atoms with Crippen LogP contribution >= 0.6 is 0 Å². The molecule has 78 valence electrons. The van der Waals surface area contributed by atoms with Crippen LogP contribution in [-0.2, 0) is 11.3 Å². The molecule has 1 aromatic heterocycles. The first kappa shape index (κ1) is 9.71. The molecule has 2 rings (SSSR count). The molecule has 0 unspecified atom stereocenters. The molecule has 0 saturated carbocycles. The Morgan fingerprint density at radius 1 is 1.47 bits per heavy atom. The fourth-order valence-electron chi connectivity index (χ4n) is 1.67. The zero-order chi connectivity index (χ0) is 11.0. The molecule has 2 N–H and O–H groups in total. The van der Waals surface area contributed by atoms with Gasteiger partial charge in [-0.3, -0.25) is 9.48 Å². The van der Waals surface area contributed by atoms with Gasteiger partial charge in [-0.1, -0.05) is 6.07 Å². The Morgan fingerprint density at radius 3 is 2.87 bits per heavy atom. The molecule has 1 aromatic carbocycles. The average Bonchev–Trinajstić information content (AvgIpc) is 2.55. The smallest absolute Gasteiger partial charge is 0.239 e. The predicted molar refractivity (Wildman–Crippen MR) is 58.4 cm³/mol. The first-order valence-corrected chi connectivity index (χ1v) is 4.79. The van der Waals surface area contributed by atoms with Gasteiger partial charge < -0.3 is 5.73 Å². The van der Waals surface area contributed by atoms with Crippen molar-refractivity contribution in [1.82, 2.24) is 9.78 Å². The summed E-state index contributed by atoms with van der Waals surface area (Å²) in [6.45, 7) is 4.24. The molecule has 0 atom stereocenters. The number of fused-ring (bicyclic) bond motifs is 1. The van der Waals surface area contributed by atoms with Crippen LogP contribution in [0.3, 0.4) is 0 Å². The lowest BCUT2D eigenvalue weighted by Crippen LogP contribution is -2.19. The third-order valence-corrected chi connectivity index (χ3v) is 2.67. The highest BCUT2D eigenvalue weighted by Crippen LogP contribution is 2.20. The number of nitrogens with zero attached hydrogens (tertiary/aromatic N) is 2. The second-order valence-corrected chi connectivity index (χ2v) is 3.71. The summed E-state index contributed by atoms with van der Waals surface area (Å²) in [7, 11) is 0. The number of aromatic nitrogens is 2. The highest BCUT2D eigenvalue weighted by molar-refractivity contribution is 5.84. The van der Waals surface area contributed by atoms with Gasteiger partial charge in [0.15, 0.2) is 0 Å². The van der Waals surface area contributed by atoms with Crippen molar-refractivity contribution >= 4 is 16.8 Å². The van der Waals surface area contributed by atoms with Crippen LogP contribution in [0, 0.1) is 13.8 Å². The molecule has 2 aromatic rings. The van der Waals surface area contributed by atoms with Crippen molar-refractivity contribution in [3.8, 4) is 0 Å². The van der Waals surface area contributed by atoms with Crippen LogP contribution in [0.5, 0.6) is 0 Å². The van der Waals surface area contributed by atoms with E-state index in [9.17, 15) is 4.79 Å². The predicted octanol–water partition coefficient (Wildman–Crippen LogP) is 1.14. The van der Waals surface area contributed by atoms with Crippen molar-refractivity contribution in [2.24, 2.45) is 5.73 Å². The topological polar surface area (TPSA) is 60.9 Å². The minimum absolute atomic E-state index is 0.131. The van der Waals surface area contributed by atoms with Gasteiger partial charge in [-0.05, 0) is 31.0 Å². The third kappa shape index (κ3) is 1.58. The fourth-order valence-corrected chi connectivity index (χ4v) is 1.67. The largest absolute Gasteiger partial charge is 0.368 e. The second kappa shape index (κ2) is 3.38. The van der Waals surface area contributed by atoms with Crippen LogP contribution in [0.25, 0.3) is 10.9 Å². The highest BCUT2D eigenvalue weighted by atomic mass is 16.1. The Morgan fingerprint density at radius 2 is 2.20 bits per heavy atom. The Kier molecular flexibility index (Phi) is 2.19. The van der Waals surface area contributed by atoms with Gasteiger partial charge >= 0.3 is 0 Å². The molecule has 1 amide bonds. The van der Waals surface area contributed by atoms with E-state index in [2.05, 4.69) is 12.0 Å². The number of hydrogen-bond donors (Lipinski definition) is 1. The molecule has 15 heavy (non-hydrogen) atoms. The van der Waals surface area contributed by atoms with Gasteiger partial charge in [-0.15, -0.1) is 0 Å². The van der Waals surface area contributed by atoms with Crippen LogP contribution in [0.4, 0.5) is 0 Å². The van der Waals surface area contributed by atoms with Crippen LogP contribution < -0.4 is 5.73 Å². The molecule has 0 radical (unpaired) electrons. The summed E-state index contributed by atoms with van der Waals surface area (Å²) in [4.78, 5) is 10.8. The van der Waals surface area contributed by atoms with Crippen LogP contribution in [0.1, 0.15) is 11.1 Å². The normalized spacial score (nSPS) is 10.8. The molecule has 0 aliphatic rings. The second-order valence-electron chi connectivity index (χ2n) is 3.71. The van der Waals surface area contributed by atoms with Gasteiger partial charge in [0.1, 0.15) is 6.54 Å². The molecular weight excluding hydrogens is 190 g/mol. The summed E-state index contributed by atoms with van der Waals surface area (Å²) < 4.78 is 1.63. The molecule has 4 nitrogen and oxygen atoms in total. The number of benzene rings is 1. The van der Waals surface area contributed by atoms with E-state index in [0.29, 0.717) is 0 Å². The molecule has 0 bridgehead atoms. The van der Waals surface area contributed by atoms with E-state index in [0.717, 1.165) is 10.9 Å². The maximum absolute atomic E-state index is 10.8. The number of primary amides is 1. The molecule has 0 aliphatic carbocycles. The summed E-state index contributed by atoms with van der Waals surface area (Å²) in [5, 5.41) is 5.23. The van der Waals surface area contributed by atoms with Crippen molar-refractivity contribution in [2.45, 2.75) is 20.4 Å². The van der Waals surface area contributed by atoms with Crippen LogP contribution in [-0.4, -0.2) is 15.7 Å². The highest BCUT2D eigenvalue weighted by Gasteiger charge is 2.07. The Labute approximate surface area is 87.7 Å². The molecule has 0 saturated heterocycles. The van der Waals surface area contributed by atoms with E-state index < -0.39 is 0 Å². The lowest BCUT2D eigenvalue weighted by Gasteiger charge is -2.03. The lowest BCUT2D eigenvalue weighted by atomic mass is 10.1. The summed E-state index contributed by atoms with van der Waals surface area (Å²) in [5.74, 6) is -0.377. The van der Waals surface area contributed by atoms with Crippen molar-refractivity contribution < 1.29 is 4.79 Å². The molecular formula is C11H13N3O. The van der Waals surface area contributed by atoms with Gasteiger partial charge in [0.25, 0.3) is 0 Å². The van der Waals surface area contributed by atoms with Crippen LogP contribution in [0.2, 0.25) is 0 Å². The van der Waals surface area contributed by atoms with Gasteiger partial charge in [0.2, 0.25) is 5.91 Å². The van der Waals surface area contributed by atoms with Crippen molar-refractivity contribution in [2.75, 3.05) is 0 Å². The average molecular weight is 203 g/mol. The number of nitrogens with two attached hydrogens (primary N) is 1. The number of hydrogen-bond acceptors (Lipinski definition) is 2. The van der Waals surface area contributed by atoms with E-state index in [-0.39, 0.29) is 12.5 Å². The molecule has 4 heteroatoms. The minimum atomic E-state index is -0.377. The summed E-state index contributed by atoms with van der Waals surface area (Å²) in [6.07, 6.45) is 1.78. The number of carbonyl (C=O) groups is 1. The third-order valence-electron chi connectivity index (χ3n) is 2.67. The zero-order valence-corrected chi connectivity index (χ0v) is 8.82. The molecule has 0 aliphatic heterocycles. The monoisotopic (exact) mass is 203 g/mol. The van der Waals surface area contributed by atoms with Crippen LogP contribution in [0.15, 0.2) is 18.3 Å². The standard InChI is InChI=1S/C11H13N3O/c1-7-3-4-10-9(8(7)2)5-13-14(10)6-11(12)15/h3-5H,6H2,1-2H3,(H2,12,15).